The number of ether oxygens (including phenoxy) is 2. The molecule has 0 radical (unpaired) electrons. The van der Waals surface area contributed by atoms with Gasteiger partial charge in [-0.25, -0.2) is 0 Å². The highest BCUT2D eigenvalue weighted by atomic mass is 16.5. The summed E-state index contributed by atoms with van der Waals surface area (Å²) in [6, 6.07) is 6.80. The predicted octanol–water partition coefficient (Wildman–Crippen LogP) is 2.84. The molecule has 1 atom stereocenters. The van der Waals surface area contributed by atoms with Crippen LogP contribution in [-0.4, -0.2) is 39.3 Å². The van der Waals surface area contributed by atoms with Gasteiger partial charge in [0, 0.05) is 18.0 Å². The molecule has 1 aromatic carbocycles. The molecule has 1 unspecified atom stereocenters. The Bertz CT molecular complexity index is 594. The smallest absolute Gasteiger partial charge is 0.191 e. The first kappa shape index (κ1) is 16.9. The van der Waals surface area contributed by atoms with Gasteiger partial charge in [0.25, 0.3) is 0 Å². The number of hydrogen-bond acceptors (Lipinski definition) is 5. The first-order chi connectivity index (χ1) is 11.7. The Morgan fingerprint density at radius 1 is 1.17 bits per heavy atom. The summed E-state index contributed by atoms with van der Waals surface area (Å²) in [6.45, 7) is 3.91. The molecule has 1 aliphatic heterocycles. The Kier molecular flexibility index (Phi) is 5.17. The molecule has 1 aliphatic carbocycles. The zero-order chi connectivity index (χ0) is 17.0. The first-order valence-electron chi connectivity index (χ1n) is 8.94. The molecular formula is C19H29N3O2. The number of hydrogen-bond donors (Lipinski definition) is 2. The van der Waals surface area contributed by atoms with Crippen molar-refractivity contribution in [3.8, 4) is 11.5 Å². The molecule has 1 fully saturated rings. The summed E-state index contributed by atoms with van der Waals surface area (Å²) in [5.41, 5.74) is 1.47. The Balaban J connectivity index is 1.82. The van der Waals surface area contributed by atoms with Crippen LogP contribution in [0.2, 0.25) is 0 Å². The molecule has 24 heavy (non-hydrogen) atoms. The summed E-state index contributed by atoms with van der Waals surface area (Å²) in [6.07, 6.45) is 6.25. The maximum atomic E-state index is 5.52. The Morgan fingerprint density at radius 2 is 1.92 bits per heavy atom. The lowest BCUT2D eigenvalue weighted by Gasteiger charge is -2.38. The van der Waals surface area contributed by atoms with Crippen LogP contribution < -0.4 is 20.1 Å². The first-order valence-corrected chi connectivity index (χ1v) is 8.94. The van der Waals surface area contributed by atoms with Crippen LogP contribution in [0.1, 0.15) is 44.6 Å². The summed E-state index contributed by atoms with van der Waals surface area (Å²) in [7, 11) is 3.38. The number of guanidine groups is 1. The molecule has 0 spiro atoms. The molecule has 2 N–H and O–H groups in total. The quantitative estimate of drug-likeness (QED) is 0.871. The van der Waals surface area contributed by atoms with Crippen molar-refractivity contribution in [1.82, 2.24) is 10.6 Å². The fourth-order valence-electron chi connectivity index (χ4n) is 3.87. The van der Waals surface area contributed by atoms with Gasteiger partial charge >= 0.3 is 0 Å². The molecule has 1 saturated carbocycles. The van der Waals surface area contributed by atoms with Crippen molar-refractivity contribution in [2.24, 2.45) is 4.99 Å². The van der Waals surface area contributed by atoms with E-state index in [0.29, 0.717) is 6.04 Å². The average molecular weight is 331 g/mol. The van der Waals surface area contributed by atoms with Crippen LogP contribution >= 0.6 is 0 Å². The normalized spacial score (nSPS) is 22.5. The molecule has 2 aliphatic rings. The van der Waals surface area contributed by atoms with E-state index in [1.807, 2.05) is 6.07 Å². The SMILES string of the molecule is COc1ccc(C2(CNC3=NCC(C)N3)CCCCC2)cc1OC. The lowest BCUT2D eigenvalue weighted by molar-refractivity contribution is 0.288. The lowest BCUT2D eigenvalue weighted by atomic mass is 9.69. The van der Waals surface area contributed by atoms with Crippen LogP contribution in [0.4, 0.5) is 0 Å². The number of aliphatic imine (C=N–C) groups is 1. The second kappa shape index (κ2) is 7.32. The lowest BCUT2D eigenvalue weighted by Crippen LogP contribution is -2.46. The summed E-state index contributed by atoms with van der Waals surface area (Å²) in [4.78, 5) is 4.54. The van der Waals surface area contributed by atoms with Gasteiger partial charge in [0.1, 0.15) is 0 Å². The number of nitrogens with zero attached hydrogens (tertiary/aromatic N) is 1. The van der Waals surface area contributed by atoms with E-state index in [1.165, 1.54) is 37.7 Å². The summed E-state index contributed by atoms with van der Waals surface area (Å²) in [5.74, 6) is 2.54. The van der Waals surface area contributed by atoms with E-state index in [4.69, 9.17) is 9.47 Å². The van der Waals surface area contributed by atoms with E-state index < -0.39 is 0 Å². The Hall–Kier alpha value is -1.91. The molecule has 3 rings (SSSR count). The number of nitrogens with one attached hydrogen (secondary N) is 2. The van der Waals surface area contributed by atoms with Crippen molar-refractivity contribution in [3.05, 3.63) is 23.8 Å². The highest BCUT2D eigenvalue weighted by Gasteiger charge is 2.35. The van der Waals surface area contributed by atoms with Crippen molar-refractivity contribution < 1.29 is 9.47 Å². The van der Waals surface area contributed by atoms with E-state index in [-0.39, 0.29) is 5.41 Å². The third kappa shape index (κ3) is 3.45. The molecule has 132 valence electrons. The summed E-state index contributed by atoms with van der Waals surface area (Å²) >= 11 is 0. The fourth-order valence-corrected chi connectivity index (χ4v) is 3.87. The molecular weight excluding hydrogens is 302 g/mol. The maximum absolute atomic E-state index is 5.52. The molecule has 5 nitrogen and oxygen atoms in total. The Morgan fingerprint density at radius 3 is 2.54 bits per heavy atom. The van der Waals surface area contributed by atoms with Crippen molar-refractivity contribution in [1.29, 1.82) is 0 Å². The van der Waals surface area contributed by atoms with Crippen molar-refractivity contribution >= 4 is 5.96 Å². The van der Waals surface area contributed by atoms with Crippen LogP contribution in [0, 0.1) is 0 Å². The minimum Gasteiger partial charge on any atom is -0.493 e. The summed E-state index contributed by atoms with van der Waals surface area (Å²) in [5, 5.41) is 6.95. The van der Waals surface area contributed by atoms with E-state index in [9.17, 15) is 0 Å². The summed E-state index contributed by atoms with van der Waals surface area (Å²) < 4.78 is 10.9. The molecule has 1 heterocycles. The van der Waals surface area contributed by atoms with Gasteiger partial charge in [0.2, 0.25) is 0 Å². The van der Waals surface area contributed by atoms with Crippen LogP contribution in [0.5, 0.6) is 11.5 Å². The number of benzene rings is 1. The van der Waals surface area contributed by atoms with Gasteiger partial charge in [0.05, 0.1) is 20.8 Å². The van der Waals surface area contributed by atoms with Gasteiger partial charge in [-0.1, -0.05) is 25.3 Å². The molecule has 1 aromatic rings. The standard InChI is InChI=1S/C19H29N3O2/c1-14-12-20-18(22-14)21-13-19(9-5-4-6-10-19)15-7-8-16(23-2)17(11-15)24-3/h7-8,11,14H,4-6,9-10,12-13H2,1-3H3,(H2,20,21,22). The van der Waals surface area contributed by atoms with Crippen molar-refractivity contribution in [3.63, 3.8) is 0 Å². The topological polar surface area (TPSA) is 54.9 Å². The van der Waals surface area contributed by atoms with Crippen LogP contribution in [0.15, 0.2) is 23.2 Å². The van der Waals surface area contributed by atoms with Gasteiger partial charge < -0.3 is 20.1 Å². The minimum absolute atomic E-state index is 0.133. The van der Waals surface area contributed by atoms with E-state index in [0.717, 1.165) is 30.5 Å². The zero-order valence-electron chi connectivity index (χ0n) is 15.0. The van der Waals surface area contributed by atoms with Crippen LogP contribution in [-0.2, 0) is 5.41 Å². The fraction of sp³-hybridized carbons (Fsp3) is 0.632. The number of rotatable bonds is 5. The minimum atomic E-state index is 0.133. The largest absolute Gasteiger partial charge is 0.493 e. The number of methoxy groups -OCH3 is 2. The van der Waals surface area contributed by atoms with E-state index in [1.54, 1.807) is 14.2 Å². The van der Waals surface area contributed by atoms with Gasteiger partial charge in [-0.3, -0.25) is 4.99 Å². The second-order valence-corrected chi connectivity index (χ2v) is 7.00. The highest BCUT2D eigenvalue weighted by molar-refractivity contribution is 5.81. The molecule has 0 saturated heterocycles. The van der Waals surface area contributed by atoms with E-state index >= 15 is 0 Å². The van der Waals surface area contributed by atoms with Crippen LogP contribution in [0.3, 0.4) is 0 Å². The van der Waals surface area contributed by atoms with Crippen molar-refractivity contribution in [2.45, 2.75) is 50.5 Å². The third-order valence-corrected chi connectivity index (χ3v) is 5.31. The van der Waals surface area contributed by atoms with Gasteiger partial charge in [-0.15, -0.1) is 0 Å². The average Bonchev–Trinajstić information content (AvgIpc) is 3.05. The maximum Gasteiger partial charge on any atom is 0.191 e. The van der Waals surface area contributed by atoms with E-state index in [2.05, 4.69) is 34.7 Å². The molecule has 0 aromatic heterocycles. The van der Waals surface area contributed by atoms with Crippen LogP contribution in [0.25, 0.3) is 0 Å². The molecule has 0 amide bonds. The highest BCUT2D eigenvalue weighted by Crippen LogP contribution is 2.42. The monoisotopic (exact) mass is 331 g/mol. The van der Waals surface area contributed by atoms with Gasteiger partial charge in [-0.05, 0) is 37.5 Å². The zero-order valence-corrected chi connectivity index (χ0v) is 15.0. The predicted molar refractivity (Wildman–Crippen MR) is 97.2 cm³/mol. The van der Waals surface area contributed by atoms with Gasteiger partial charge in [-0.2, -0.15) is 0 Å². The second-order valence-electron chi connectivity index (χ2n) is 7.00. The molecule has 5 heteroatoms. The third-order valence-electron chi connectivity index (χ3n) is 5.31. The Labute approximate surface area is 144 Å². The molecule has 0 bridgehead atoms. The van der Waals surface area contributed by atoms with Gasteiger partial charge in [0.15, 0.2) is 17.5 Å². The van der Waals surface area contributed by atoms with Crippen molar-refractivity contribution in [2.75, 3.05) is 27.3 Å².